The smallest absolute Gasteiger partial charge is 0.475 e. The van der Waals surface area contributed by atoms with Gasteiger partial charge in [-0.05, 0) is 33.4 Å². The number of carboxylic acid groups (broad SMARTS) is 1. The van der Waals surface area contributed by atoms with E-state index in [0.29, 0.717) is 0 Å². The summed E-state index contributed by atoms with van der Waals surface area (Å²) in [4.78, 5) is 10.9. The van der Waals surface area contributed by atoms with Gasteiger partial charge in [-0.3, -0.25) is 0 Å². The first kappa shape index (κ1) is 15.2. The summed E-state index contributed by atoms with van der Waals surface area (Å²) in [6.07, 6.45) is -2.79. The molecule has 1 N–H and O–H groups in total. The molecule has 0 aliphatic heterocycles. The van der Waals surface area contributed by atoms with Crippen LogP contribution in [0.25, 0.3) is 0 Å². The summed E-state index contributed by atoms with van der Waals surface area (Å²) in [6.45, 7) is 0. The molecular formula is C9H15F4NO2. The summed E-state index contributed by atoms with van der Waals surface area (Å²) in [6, 6.07) is 0.199. The van der Waals surface area contributed by atoms with Crippen LogP contribution in [0.4, 0.5) is 17.6 Å². The topological polar surface area (TPSA) is 40.5 Å². The Morgan fingerprint density at radius 1 is 1.31 bits per heavy atom. The zero-order valence-electron chi connectivity index (χ0n) is 9.09. The number of rotatable bonds is 1. The fraction of sp³-hybridized carbons (Fsp3) is 0.889. The van der Waals surface area contributed by atoms with Crippen LogP contribution in [0.2, 0.25) is 0 Å². The van der Waals surface area contributed by atoms with E-state index >= 15 is 0 Å². The molecular weight excluding hydrogens is 230 g/mol. The molecule has 0 aromatic rings. The average Bonchev–Trinajstić information content (AvgIpc) is 2.50. The minimum Gasteiger partial charge on any atom is -0.475 e. The van der Waals surface area contributed by atoms with Crippen LogP contribution in [0.3, 0.4) is 0 Å². The fourth-order valence-electron chi connectivity index (χ4n) is 1.48. The number of carbonyl (C=O) groups is 1. The molecule has 0 heterocycles. The zero-order chi connectivity index (χ0) is 12.9. The highest BCUT2D eigenvalue weighted by Gasteiger charge is 2.38. The van der Waals surface area contributed by atoms with Gasteiger partial charge >= 0.3 is 12.1 Å². The molecule has 1 aliphatic rings. The third-order valence-corrected chi connectivity index (χ3v) is 2.30. The predicted octanol–water partition coefficient (Wildman–Crippen LogP) is 2.07. The monoisotopic (exact) mass is 245 g/mol. The van der Waals surface area contributed by atoms with Crippen LogP contribution in [0.15, 0.2) is 0 Å². The normalized spacial score (nSPS) is 25.2. The minimum atomic E-state index is -5.08. The molecule has 3 nitrogen and oxygen atoms in total. The average molecular weight is 245 g/mol. The van der Waals surface area contributed by atoms with E-state index in [0.717, 1.165) is 19.3 Å². The van der Waals surface area contributed by atoms with Crippen molar-refractivity contribution in [1.82, 2.24) is 4.90 Å². The van der Waals surface area contributed by atoms with Gasteiger partial charge in [-0.1, -0.05) is 0 Å². The van der Waals surface area contributed by atoms with Gasteiger partial charge in [0.2, 0.25) is 0 Å². The summed E-state index contributed by atoms with van der Waals surface area (Å²) in [5.41, 5.74) is 0. The summed E-state index contributed by atoms with van der Waals surface area (Å²) >= 11 is 0. The molecule has 1 fully saturated rings. The number of alkyl halides is 4. The Labute approximate surface area is 91.0 Å². The molecule has 0 unspecified atom stereocenters. The van der Waals surface area contributed by atoms with Crippen LogP contribution >= 0.6 is 0 Å². The van der Waals surface area contributed by atoms with E-state index in [-0.39, 0.29) is 6.04 Å². The first-order valence-corrected chi connectivity index (χ1v) is 4.77. The van der Waals surface area contributed by atoms with Crippen molar-refractivity contribution in [2.75, 3.05) is 14.1 Å². The van der Waals surface area contributed by atoms with Gasteiger partial charge in [-0.2, -0.15) is 13.2 Å². The number of nitrogens with zero attached hydrogens (tertiary/aromatic N) is 1. The van der Waals surface area contributed by atoms with E-state index in [2.05, 4.69) is 0 Å². The maximum Gasteiger partial charge on any atom is 0.490 e. The van der Waals surface area contributed by atoms with Crippen molar-refractivity contribution < 1.29 is 27.5 Å². The van der Waals surface area contributed by atoms with Gasteiger partial charge in [-0.25, -0.2) is 9.18 Å². The third kappa shape index (κ3) is 5.29. The number of carboxylic acids is 1. The highest BCUT2D eigenvalue weighted by molar-refractivity contribution is 5.73. The lowest BCUT2D eigenvalue weighted by molar-refractivity contribution is -0.192. The molecule has 0 saturated heterocycles. The Balaban J connectivity index is 0.000000293. The summed E-state index contributed by atoms with van der Waals surface area (Å²) in [5.74, 6) is -2.76. The quantitative estimate of drug-likeness (QED) is 0.719. The Hall–Kier alpha value is -0.850. The molecule has 1 aliphatic carbocycles. The second-order valence-corrected chi connectivity index (χ2v) is 3.78. The molecule has 0 spiro atoms. The Morgan fingerprint density at radius 3 is 1.88 bits per heavy atom. The van der Waals surface area contributed by atoms with Crippen molar-refractivity contribution in [3.63, 3.8) is 0 Å². The van der Waals surface area contributed by atoms with Crippen molar-refractivity contribution in [2.45, 2.75) is 37.7 Å². The molecule has 2 atom stereocenters. The first-order valence-electron chi connectivity index (χ1n) is 4.77. The van der Waals surface area contributed by atoms with Crippen molar-refractivity contribution in [3.05, 3.63) is 0 Å². The molecule has 96 valence electrons. The van der Waals surface area contributed by atoms with E-state index in [1.54, 1.807) is 0 Å². The van der Waals surface area contributed by atoms with Gasteiger partial charge < -0.3 is 10.0 Å². The first-order chi connectivity index (χ1) is 7.16. The highest BCUT2D eigenvalue weighted by atomic mass is 19.4. The number of halogens is 4. The third-order valence-electron chi connectivity index (χ3n) is 2.30. The largest absolute Gasteiger partial charge is 0.490 e. The van der Waals surface area contributed by atoms with Crippen molar-refractivity contribution >= 4 is 5.97 Å². The number of aliphatic carboxylic acids is 1. The maximum atomic E-state index is 12.8. The summed E-state index contributed by atoms with van der Waals surface area (Å²) in [7, 11) is 3.89. The summed E-state index contributed by atoms with van der Waals surface area (Å²) < 4.78 is 44.5. The van der Waals surface area contributed by atoms with Gasteiger partial charge in [0, 0.05) is 6.04 Å². The van der Waals surface area contributed by atoms with E-state index in [9.17, 15) is 17.6 Å². The van der Waals surface area contributed by atoms with Gasteiger partial charge in [0.15, 0.2) is 0 Å². The molecule has 0 aromatic heterocycles. The number of hydrogen-bond acceptors (Lipinski definition) is 2. The molecule has 0 amide bonds. The Morgan fingerprint density at radius 2 is 1.75 bits per heavy atom. The highest BCUT2D eigenvalue weighted by Crippen LogP contribution is 2.24. The lowest BCUT2D eigenvalue weighted by Gasteiger charge is -2.20. The van der Waals surface area contributed by atoms with Gasteiger partial charge in [0.1, 0.15) is 6.17 Å². The van der Waals surface area contributed by atoms with Crippen LogP contribution in [-0.2, 0) is 4.79 Å². The van der Waals surface area contributed by atoms with Crippen LogP contribution in [-0.4, -0.2) is 48.5 Å². The van der Waals surface area contributed by atoms with E-state index < -0.39 is 18.3 Å². The Bertz CT molecular complexity index is 230. The zero-order valence-corrected chi connectivity index (χ0v) is 9.09. The van der Waals surface area contributed by atoms with Gasteiger partial charge in [-0.15, -0.1) is 0 Å². The molecule has 7 heteroatoms. The molecule has 1 rings (SSSR count). The molecule has 0 bridgehead atoms. The van der Waals surface area contributed by atoms with Crippen LogP contribution in [0.1, 0.15) is 19.3 Å². The molecule has 1 saturated carbocycles. The second-order valence-electron chi connectivity index (χ2n) is 3.78. The van der Waals surface area contributed by atoms with Gasteiger partial charge in [0.05, 0.1) is 0 Å². The number of hydrogen-bond donors (Lipinski definition) is 1. The molecule has 16 heavy (non-hydrogen) atoms. The predicted molar refractivity (Wildman–Crippen MR) is 49.9 cm³/mol. The van der Waals surface area contributed by atoms with Crippen molar-refractivity contribution in [2.24, 2.45) is 0 Å². The van der Waals surface area contributed by atoms with E-state index in [4.69, 9.17) is 9.90 Å². The minimum absolute atomic E-state index is 0.199. The van der Waals surface area contributed by atoms with Gasteiger partial charge in [0.25, 0.3) is 0 Å². The second kappa shape index (κ2) is 6.03. The lowest BCUT2D eigenvalue weighted by atomic mass is 10.2. The van der Waals surface area contributed by atoms with E-state index in [1.807, 2.05) is 19.0 Å². The lowest BCUT2D eigenvalue weighted by Crippen LogP contribution is -2.32. The maximum absolute atomic E-state index is 12.8. The Kier molecular flexibility index (Phi) is 5.71. The SMILES string of the molecule is CN(C)[C@@H]1CCC[C@@H]1F.O=C(O)C(F)(F)F. The van der Waals surface area contributed by atoms with E-state index in [1.165, 1.54) is 0 Å². The molecule has 0 aromatic carbocycles. The standard InChI is InChI=1S/C7H14FN.C2HF3O2/c1-9(2)7-5-3-4-6(7)8;3-2(4,5)1(6)7/h6-7H,3-5H2,1-2H3;(H,6,7)/t6-,7+;/m0./s1. The fourth-order valence-corrected chi connectivity index (χ4v) is 1.48. The van der Waals surface area contributed by atoms with Crippen LogP contribution in [0, 0.1) is 0 Å². The summed E-state index contributed by atoms with van der Waals surface area (Å²) in [5, 5.41) is 7.12. The van der Waals surface area contributed by atoms with Crippen molar-refractivity contribution in [3.8, 4) is 0 Å². The molecule has 0 radical (unpaired) electrons. The van der Waals surface area contributed by atoms with Crippen molar-refractivity contribution in [1.29, 1.82) is 0 Å². The van der Waals surface area contributed by atoms with Crippen LogP contribution in [0.5, 0.6) is 0 Å². The van der Waals surface area contributed by atoms with Crippen LogP contribution < -0.4 is 0 Å².